The second kappa shape index (κ2) is 6.55. The van der Waals surface area contributed by atoms with Crippen molar-refractivity contribution in [2.24, 2.45) is 0 Å². The van der Waals surface area contributed by atoms with E-state index < -0.39 is 11.0 Å². The highest BCUT2D eigenvalue weighted by molar-refractivity contribution is 5.85. The maximum atomic E-state index is 11.2. The van der Waals surface area contributed by atoms with Crippen LogP contribution in [0.1, 0.15) is 12.5 Å². The molecule has 0 heterocycles. The van der Waals surface area contributed by atoms with Gasteiger partial charge in [0.2, 0.25) is 0 Å². The number of anilines is 1. The molecule has 0 aromatic heterocycles. The minimum atomic E-state index is -0.761. The van der Waals surface area contributed by atoms with E-state index in [0.29, 0.717) is 12.0 Å². The van der Waals surface area contributed by atoms with Crippen molar-refractivity contribution in [2.45, 2.75) is 13.3 Å². The molecule has 0 bridgehead atoms. The second-order valence-electron chi connectivity index (χ2n) is 3.44. The van der Waals surface area contributed by atoms with Crippen LogP contribution < -0.4 is 5.32 Å². The van der Waals surface area contributed by atoms with Crippen LogP contribution in [0.5, 0.6) is 0 Å². The van der Waals surface area contributed by atoms with Gasteiger partial charge in [-0.15, -0.1) is 0 Å². The molecule has 0 aliphatic heterocycles. The van der Waals surface area contributed by atoms with Gasteiger partial charge >= 0.3 is 6.09 Å². The Morgan fingerprint density at radius 3 is 2.83 bits per heavy atom. The lowest BCUT2D eigenvalue weighted by molar-refractivity contribution is -0.385. The number of ether oxygens (including phenoxy) is 1. The normalized spacial score (nSPS) is 9.89. The van der Waals surface area contributed by atoms with Crippen molar-refractivity contribution in [2.75, 3.05) is 18.5 Å². The molecular formula is C11H14N2O5. The van der Waals surface area contributed by atoms with E-state index in [-0.39, 0.29) is 24.6 Å². The van der Waals surface area contributed by atoms with Gasteiger partial charge in [-0.3, -0.25) is 15.4 Å². The first-order valence-corrected chi connectivity index (χ1v) is 5.40. The SMILES string of the molecule is CCc1ccc(NC(=O)OCCO)cc1[N+](=O)[O-]. The predicted octanol–water partition coefficient (Wildman–Crippen LogP) is 1.70. The smallest absolute Gasteiger partial charge is 0.411 e. The fourth-order valence-electron chi connectivity index (χ4n) is 1.40. The standard InChI is InChI=1S/C11H14N2O5/c1-2-8-3-4-9(7-10(8)13(16)17)12-11(15)18-6-5-14/h3-4,7,14H,2,5-6H2,1H3,(H,12,15). The van der Waals surface area contributed by atoms with E-state index in [1.54, 1.807) is 12.1 Å². The molecule has 7 nitrogen and oxygen atoms in total. The number of nitrogens with zero attached hydrogens (tertiary/aromatic N) is 1. The van der Waals surface area contributed by atoms with E-state index in [4.69, 9.17) is 5.11 Å². The summed E-state index contributed by atoms with van der Waals surface area (Å²) in [7, 11) is 0. The first-order chi connectivity index (χ1) is 8.58. The monoisotopic (exact) mass is 254 g/mol. The van der Waals surface area contributed by atoms with Crippen LogP contribution in [0, 0.1) is 10.1 Å². The number of benzene rings is 1. The van der Waals surface area contributed by atoms with Gasteiger partial charge < -0.3 is 9.84 Å². The minimum Gasteiger partial charge on any atom is -0.447 e. The zero-order chi connectivity index (χ0) is 13.5. The summed E-state index contributed by atoms with van der Waals surface area (Å²) in [6.07, 6.45) is -0.228. The Balaban J connectivity index is 2.82. The fourth-order valence-corrected chi connectivity index (χ4v) is 1.40. The van der Waals surface area contributed by atoms with Crippen LogP contribution >= 0.6 is 0 Å². The predicted molar refractivity (Wildman–Crippen MR) is 64.5 cm³/mol. The number of nitro groups is 1. The number of aryl methyl sites for hydroxylation is 1. The van der Waals surface area contributed by atoms with E-state index >= 15 is 0 Å². The number of aliphatic hydroxyl groups excluding tert-OH is 1. The van der Waals surface area contributed by atoms with Gasteiger partial charge in [0.25, 0.3) is 5.69 Å². The third-order valence-corrected chi connectivity index (χ3v) is 2.23. The Bertz CT molecular complexity index is 447. The van der Waals surface area contributed by atoms with E-state index in [9.17, 15) is 14.9 Å². The zero-order valence-electron chi connectivity index (χ0n) is 9.88. The summed E-state index contributed by atoms with van der Waals surface area (Å²) in [4.78, 5) is 21.5. The van der Waals surface area contributed by atoms with E-state index in [2.05, 4.69) is 10.1 Å². The van der Waals surface area contributed by atoms with Gasteiger partial charge in [0, 0.05) is 11.6 Å². The lowest BCUT2D eigenvalue weighted by Gasteiger charge is -2.07. The van der Waals surface area contributed by atoms with Gasteiger partial charge in [0.15, 0.2) is 0 Å². The third-order valence-electron chi connectivity index (χ3n) is 2.23. The van der Waals surface area contributed by atoms with Gasteiger partial charge in [-0.1, -0.05) is 13.0 Å². The summed E-state index contributed by atoms with van der Waals surface area (Å²) in [5, 5.41) is 21.6. The van der Waals surface area contributed by atoms with Gasteiger partial charge in [0.1, 0.15) is 6.61 Å². The first-order valence-electron chi connectivity index (χ1n) is 5.40. The molecule has 18 heavy (non-hydrogen) atoms. The van der Waals surface area contributed by atoms with Crippen molar-refractivity contribution in [3.63, 3.8) is 0 Å². The molecule has 0 unspecified atom stereocenters. The lowest BCUT2D eigenvalue weighted by atomic mass is 10.1. The summed E-state index contributed by atoms with van der Waals surface area (Å²) in [6, 6.07) is 4.42. The summed E-state index contributed by atoms with van der Waals surface area (Å²) in [5.74, 6) is 0. The number of carbonyl (C=O) groups is 1. The third kappa shape index (κ3) is 3.70. The zero-order valence-corrected chi connectivity index (χ0v) is 9.88. The summed E-state index contributed by atoms with van der Waals surface area (Å²) >= 11 is 0. The number of aliphatic hydroxyl groups is 1. The average Bonchev–Trinajstić information content (AvgIpc) is 2.36. The van der Waals surface area contributed by atoms with Crippen LogP contribution in [0.3, 0.4) is 0 Å². The number of hydrogen-bond donors (Lipinski definition) is 2. The van der Waals surface area contributed by atoms with Gasteiger partial charge in [-0.25, -0.2) is 4.79 Å². The van der Waals surface area contributed by atoms with Crippen molar-refractivity contribution in [3.05, 3.63) is 33.9 Å². The highest BCUT2D eigenvalue weighted by atomic mass is 16.6. The summed E-state index contributed by atoms with van der Waals surface area (Å²) < 4.78 is 4.58. The van der Waals surface area contributed by atoms with Crippen molar-refractivity contribution in [3.8, 4) is 0 Å². The second-order valence-corrected chi connectivity index (χ2v) is 3.44. The molecule has 7 heteroatoms. The van der Waals surface area contributed by atoms with Crippen molar-refractivity contribution in [1.82, 2.24) is 0 Å². The number of nitro benzene ring substituents is 1. The molecule has 0 saturated heterocycles. The Kier molecular flexibility index (Phi) is 5.06. The van der Waals surface area contributed by atoms with E-state index in [0.717, 1.165) is 0 Å². The van der Waals surface area contributed by atoms with Crippen LogP contribution in [0.4, 0.5) is 16.2 Å². The van der Waals surface area contributed by atoms with Gasteiger partial charge in [-0.2, -0.15) is 0 Å². The molecule has 0 spiro atoms. The Hall–Kier alpha value is -2.15. The topological polar surface area (TPSA) is 102 Å². The molecule has 0 radical (unpaired) electrons. The summed E-state index contributed by atoms with van der Waals surface area (Å²) in [5.41, 5.74) is 0.827. The molecule has 0 aliphatic rings. The Morgan fingerprint density at radius 1 is 1.56 bits per heavy atom. The molecule has 0 aliphatic carbocycles. The number of carbonyl (C=O) groups excluding carboxylic acids is 1. The highest BCUT2D eigenvalue weighted by Crippen LogP contribution is 2.23. The van der Waals surface area contributed by atoms with Crippen molar-refractivity contribution in [1.29, 1.82) is 0 Å². The molecule has 0 fully saturated rings. The maximum Gasteiger partial charge on any atom is 0.411 e. The van der Waals surface area contributed by atoms with Crippen molar-refractivity contribution < 1.29 is 19.6 Å². The van der Waals surface area contributed by atoms with E-state index in [1.165, 1.54) is 6.07 Å². The number of rotatable bonds is 5. The molecule has 2 N–H and O–H groups in total. The van der Waals surface area contributed by atoms with Crippen LogP contribution in [0.15, 0.2) is 18.2 Å². The molecule has 1 aromatic rings. The van der Waals surface area contributed by atoms with Gasteiger partial charge in [0.05, 0.1) is 17.2 Å². The maximum absolute atomic E-state index is 11.2. The molecule has 98 valence electrons. The lowest BCUT2D eigenvalue weighted by Crippen LogP contribution is -2.15. The van der Waals surface area contributed by atoms with Crippen LogP contribution in [-0.2, 0) is 11.2 Å². The molecule has 1 rings (SSSR count). The molecule has 0 atom stereocenters. The first kappa shape index (κ1) is 13.9. The fraction of sp³-hybridized carbons (Fsp3) is 0.364. The van der Waals surface area contributed by atoms with Gasteiger partial charge in [-0.05, 0) is 12.5 Å². The highest BCUT2D eigenvalue weighted by Gasteiger charge is 2.14. The largest absolute Gasteiger partial charge is 0.447 e. The number of nitrogens with one attached hydrogen (secondary N) is 1. The molecule has 1 aromatic carbocycles. The molecular weight excluding hydrogens is 240 g/mol. The summed E-state index contributed by atoms with van der Waals surface area (Å²) in [6.45, 7) is 1.41. The van der Waals surface area contributed by atoms with Crippen LogP contribution in [0.2, 0.25) is 0 Å². The Morgan fingerprint density at radius 2 is 2.28 bits per heavy atom. The average molecular weight is 254 g/mol. The minimum absolute atomic E-state index is 0.0440. The number of amides is 1. The van der Waals surface area contributed by atoms with Crippen LogP contribution in [0.25, 0.3) is 0 Å². The Labute approximate surface area is 104 Å². The van der Waals surface area contributed by atoms with E-state index in [1.807, 2.05) is 6.92 Å². The van der Waals surface area contributed by atoms with Crippen LogP contribution in [-0.4, -0.2) is 29.3 Å². The number of hydrogen-bond acceptors (Lipinski definition) is 5. The molecule has 1 amide bonds. The quantitative estimate of drug-likeness (QED) is 0.615. The molecule has 0 saturated carbocycles. The van der Waals surface area contributed by atoms with Crippen molar-refractivity contribution >= 4 is 17.5 Å².